The number of hydrogen-bond acceptors (Lipinski definition) is 3. The number of hydrogen-bond donors (Lipinski definition) is 2. The Morgan fingerprint density at radius 3 is 2.94 bits per heavy atom. The van der Waals surface area contributed by atoms with Gasteiger partial charge in [0, 0.05) is 23.6 Å². The second-order valence-corrected chi connectivity index (χ2v) is 3.92. The first kappa shape index (κ1) is 13.9. The van der Waals surface area contributed by atoms with Crippen molar-refractivity contribution in [3.8, 4) is 5.75 Å². The zero-order chi connectivity index (χ0) is 13.4. The van der Waals surface area contributed by atoms with E-state index in [1.807, 2.05) is 0 Å². The molecule has 1 amide bonds. The third kappa shape index (κ3) is 4.35. The van der Waals surface area contributed by atoms with E-state index < -0.39 is 0 Å². The van der Waals surface area contributed by atoms with E-state index in [9.17, 15) is 9.90 Å². The molecule has 0 aromatic heterocycles. The molecule has 1 rings (SSSR count). The second kappa shape index (κ2) is 7.19. The lowest BCUT2D eigenvalue weighted by Gasteiger charge is -2.06. The molecule has 6 nitrogen and oxygen atoms in total. The molecule has 0 aliphatic rings. The molecular formula is C12H16N4O2. The molecule has 0 aliphatic heterocycles. The van der Waals surface area contributed by atoms with Gasteiger partial charge in [-0.3, -0.25) is 4.79 Å². The van der Waals surface area contributed by atoms with Crippen LogP contribution in [0.2, 0.25) is 0 Å². The first-order chi connectivity index (χ1) is 8.65. The number of phenolic OH excluding ortho intramolecular Hbond substituents is 1. The highest BCUT2D eigenvalue weighted by Gasteiger charge is 2.06. The molecule has 0 heterocycles. The second-order valence-electron chi connectivity index (χ2n) is 3.92. The lowest BCUT2D eigenvalue weighted by atomic mass is 10.1. The van der Waals surface area contributed by atoms with Crippen molar-refractivity contribution >= 4 is 5.91 Å². The van der Waals surface area contributed by atoms with E-state index in [0.29, 0.717) is 18.7 Å². The number of aromatic hydroxyl groups is 1. The summed E-state index contributed by atoms with van der Waals surface area (Å²) in [6.07, 6.45) is 1.49. The van der Waals surface area contributed by atoms with Crippen molar-refractivity contribution in [3.63, 3.8) is 0 Å². The Balaban J connectivity index is 2.36. The lowest BCUT2D eigenvalue weighted by molar-refractivity contribution is 0.0952. The molecule has 1 aromatic rings. The Morgan fingerprint density at radius 1 is 1.50 bits per heavy atom. The maximum absolute atomic E-state index is 11.7. The smallest absolute Gasteiger partial charge is 0.251 e. The Hall–Kier alpha value is -2.20. The van der Waals surface area contributed by atoms with Gasteiger partial charge >= 0.3 is 0 Å². The Bertz CT molecular complexity index is 467. The topological polar surface area (TPSA) is 98.1 Å². The molecule has 2 N–H and O–H groups in total. The van der Waals surface area contributed by atoms with Gasteiger partial charge in [-0.2, -0.15) is 0 Å². The van der Waals surface area contributed by atoms with Gasteiger partial charge in [-0.15, -0.1) is 0 Å². The van der Waals surface area contributed by atoms with Gasteiger partial charge in [0.05, 0.1) is 0 Å². The van der Waals surface area contributed by atoms with Crippen LogP contribution >= 0.6 is 0 Å². The van der Waals surface area contributed by atoms with Gasteiger partial charge in [-0.05, 0) is 43.0 Å². The summed E-state index contributed by atoms with van der Waals surface area (Å²) in [5.41, 5.74) is 9.25. The minimum absolute atomic E-state index is 0.117. The molecule has 6 heteroatoms. The van der Waals surface area contributed by atoms with Gasteiger partial charge in [0.15, 0.2) is 0 Å². The number of carbonyl (C=O) groups is 1. The minimum atomic E-state index is -0.214. The molecule has 0 atom stereocenters. The van der Waals surface area contributed by atoms with Crippen LogP contribution in [0, 0.1) is 6.92 Å². The highest BCUT2D eigenvalue weighted by molar-refractivity contribution is 5.94. The van der Waals surface area contributed by atoms with E-state index in [0.717, 1.165) is 18.4 Å². The van der Waals surface area contributed by atoms with Crippen LogP contribution < -0.4 is 5.32 Å². The van der Waals surface area contributed by atoms with E-state index >= 15 is 0 Å². The molecule has 0 radical (unpaired) electrons. The fraction of sp³-hybridized carbons (Fsp3) is 0.417. The van der Waals surface area contributed by atoms with Crippen molar-refractivity contribution in [2.45, 2.75) is 19.8 Å². The summed E-state index contributed by atoms with van der Waals surface area (Å²) in [6.45, 7) is 2.73. The molecule has 0 fully saturated rings. The van der Waals surface area contributed by atoms with Crippen LogP contribution in [-0.2, 0) is 0 Å². The van der Waals surface area contributed by atoms with E-state index in [2.05, 4.69) is 15.3 Å². The van der Waals surface area contributed by atoms with Gasteiger partial charge in [0.1, 0.15) is 5.75 Å². The molecule has 0 spiro atoms. The predicted octanol–water partition coefficient (Wildman–Crippen LogP) is 2.52. The zero-order valence-corrected chi connectivity index (χ0v) is 10.3. The normalized spacial score (nSPS) is 9.61. The first-order valence-electron chi connectivity index (χ1n) is 5.74. The molecule has 1 aromatic carbocycles. The van der Waals surface area contributed by atoms with Crippen LogP contribution in [0.15, 0.2) is 23.3 Å². The number of azide groups is 1. The highest BCUT2D eigenvalue weighted by Crippen LogP contribution is 2.17. The van der Waals surface area contributed by atoms with E-state index in [1.54, 1.807) is 19.1 Å². The van der Waals surface area contributed by atoms with Gasteiger partial charge in [-0.25, -0.2) is 0 Å². The maximum Gasteiger partial charge on any atom is 0.251 e. The zero-order valence-electron chi connectivity index (χ0n) is 10.3. The van der Waals surface area contributed by atoms with Crippen molar-refractivity contribution in [3.05, 3.63) is 39.8 Å². The van der Waals surface area contributed by atoms with E-state index in [1.165, 1.54) is 6.07 Å². The van der Waals surface area contributed by atoms with Crippen LogP contribution in [0.5, 0.6) is 5.75 Å². The van der Waals surface area contributed by atoms with Gasteiger partial charge < -0.3 is 10.4 Å². The largest absolute Gasteiger partial charge is 0.508 e. The molecule has 0 saturated carbocycles. The number of amides is 1. The van der Waals surface area contributed by atoms with Crippen molar-refractivity contribution in [2.24, 2.45) is 5.11 Å². The van der Waals surface area contributed by atoms with E-state index in [-0.39, 0.29) is 11.7 Å². The summed E-state index contributed by atoms with van der Waals surface area (Å²) in [4.78, 5) is 14.3. The van der Waals surface area contributed by atoms with Crippen LogP contribution in [-0.4, -0.2) is 24.1 Å². The van der Waals surface area contributed by atoms with Crippen molar-refractivity contribution in [1.82, 2.24) is 5.32 Å². The number of benzene rings is 1. The molecule has 0 unspecified atom stereocenters. The molecule has 0 aliphatic carbocycles. The number of nitrogens with one attached hydrogen (secondary N) is 1. The van der Waals surface area contributed by atoms with Gasteiger partial charge in [-0.1, -0.05) is 11.2 Å². The SMILES string of the molecule is Cc1ccc(C(=O)NCCCCN=[N+]=[N-])cc1O. The highest BCUT2D eigenvalue weighted by atomic mass is 16.3. The Morgan fingerprint density at radius 2 is 2.28 bits per heavy atom. The van der Waals surface area contributed by atoms with Crippen LogP contribution in [0.3, 0.4) is 0 Å². The summed E-state index contributed by atoms with van der Waals surface area (Å²) < 4.78 is 0. The molecule has 0 bridgehead atoms. The summed E-state index contributed by atoms with van der Waals surface area (Å²) in [5.74, 6) is -0.0971. The fourth-order valence-corrected chi connectivity index (χ4v) is 1.41. The number of carbonyl (C=O) groups excluding carboxylic acids is 1. The standard InChI is InChI=1S/C12H16N4O2/c1-9-4-5-10(8-11(9)17)12(18)14-6-2-3-7-15-16-13/h4-5,8,17H,2-3,6-7H2,1H3,(H,14,18). The number of aryl methyl sites for hydroxylation is 1. The van der Waals surface area contributed by atoms with E-state index in [4.69, 9.17) is 5.53 Å². The average molecular weight is 248 g/mol. The number of phenols is 1. The fourth-order valence-electron chi connectivity index (χ4n) is 1.41. The number of nitrogens with zero attached hydrogens (tertiary/aromatic N) is 3. The monoisotopic (exact) mass is 248 g/mol. The van der Waals surface area contributed by atoms with Crippen molar-refractivity contribution < 1.29 is 9.90 Å². The third-order valence-electron chi connectivity index (χ3n) is 2.51. The summed E-state index contributed by atoms with van der Waals surface area (Å²) in [5, 5.41) is 15.6. The molecule has 96 valence electrons. The first-order valence-corrected chi connectivity index (χ1v) is 5.74. The van der Waals surface area contributed by atoms with Gasteiger partial charge in [0.2, 0.25) is 0 Å². The van der Waals surface area contributed by atoms with Crippen LogP contribution in [0.1, 0.15) is 28.8 Å². The van der Waals surface area contributed by atoms with Gasteiger partial charge in [0.25, 0.3) is 5.91 Å². The third-order valence-corrected chi connectivity index (χ3v) is 2.51. The van der Waals surface area contributed by atoms with Crippen molar-refractivity contribution in [1.29, 1.82) is 0 Å². The Labute approximate surface area is 105 Å². The lowest BCUT2D eigenvalue weighted by Crippen LogP contribution is -2.24. The predicted molar refractivity (Wildman–Crippen MR) is 68.4 cm³/mol. The Kier molecular flexibility index (Phi) is 5.54. The molecule has 18 heavy (non-hydrogen) atoms. The summed E-state index contributed by atoms with van der Waals surface area (Å²) >= 11 is 0. The number of rotatable bonds is 6. The van der Waals surface area contributed by atoms with Crippen LogP contribution in [0.25, 0.3) is 10.4 Å². The minimum Gasteiger partial charge on any atom is -0.508 e. The summed E-state index contributed by atoms with van der Waals surface area (Å²) in [6, 6.07) is 4.82. The average Bonchev–Trinajstić information content (AvgIpc) is 2.36. The number of unbranched alkanes of at least 4 members (excludes halogenated alkanes) is 1. The molecule has 0 saturated heterocycles. The quantitative estimate of drug-likeness (QED) is 0.350. The molecular weight excluding hydrogens is 232 g/mol. The van der Waals surface area contributed by atoms with Crippen LogP contribution in [0.4, 0.5) is 0 Å². The maximum atomic E-state index is 11.7. The summed E-state index contributed by atoms with van der Waals surface area (Å²) in [7, 11) is 0. The van der Waals surface area contributed by atoms with Crippen molar-refractivity contribution in [2.75, 3.05) is 13.1 Å².